The molecule has 0 amide bonds. The van der Waals surface area contributed by atoms with Gasteiger partial charge in [-0.25, -0.2) is 8.42 Å². The summed E-state index contributed by atoms with van der Waals surface area (Å²) in [5, 5.41) is 3.54. The molecular formula is C30H46N2O3S. The maximum absolute atomic E-state index is 11.6. The second-order valence-electron chi connectivity index (χ2n) is 10.4. The van der Waals surface area contributed by atoms with Gasteiger partial charge in [-0.3, -0.25) is 0 Å². The molecule has 36 heavy (non-hydrogen) atoms. The van der Waals surface area contributed by atoms with Crippen molar-refractivity contribution in [1.82, 2.24) is 10.2 Å². The number of hydrogen-bond donors (Lipinski definition) is 1. The Morgan fingerprint density at radius 2 is 1.75 bits per heavy atom. The molecule has 0 aromatic heterocycles. The minimum absolute atomic E-state index is 0.389. The number of nitrogens with zero attached hydrogens (tertiary/aromatic N) is 1. The fraction of sp³-hybridized carbons (Fsp3) is 0.600. The van der Waals surface area contributed by atoms with Crippen LogP contribution >= 0.6 is 0 Å². The molecule has 2 aromatic carbocycles. The summed E-state index contributed by atoms with van der Waals surface area (Å²) in [6.45, 7) is 9.00. The molecule has 1 aliphatic carbocycles. The molecule has 0 fully saturated rings. The van der Waals surface area contributed by atoms with Gasteiger partial charge in [-0.15, -0.1) is 0 Å². The Kier molecular flexibility index (Phi) is 11.3. The van der Waals surface area contributed by atoms with Crippen molar-refractivity contribution in [2.75, 3.05) is 39.5 Å². The van der Waals surface area contributed by atoms with Crippen LogP contribution in [0.5, 0.6) is 5.75 Å². The van der Waals surface area contributed by atoms with E-state index in [4.69, 9.17) is 4.74 Å². The van der Waals surface area contributed by atoms with Gasteiger partial charge in [0.15, 0.2) is 9.84 Å². The van der Waals surface area contributed by atoms with Crippen LogP contribution in [0.25, 0.3) is 0 Å². The first-order valence-corrected chi connectivity index (χ1v) is 15.6. The van der Waals surface area contributed by atoms with Gasteiger partial charge in [0.25, 0.3) is 0 Å². The molecule has 0 radical (unpaired) electrons. The Bertz CT molecular complexity index is 1040. The molecule has 2 aromatic rings. The van der Waals surface area contributed by atoms with E-state index >= 15 is 0 Å². The van der Waals surface area contributed by atoms with E-state index < -0.39 is 9.84 Å². The molecule has 0 spiro atoms. The monoisotopic (exact) mass is 514 g/mol. The van der Waals surface area contributed by atoms with Gasteiger partial charge in [0.1, 0.15) is 5.75 Å². The topological polar surface area (TPSA) is 58.6 Å². The number of nitrogens with one attached hydrogen (secondary N) is 1. The third-order valence-electron chi connectivity index (χ3n) is 7.47. The van der Waals surface area contributed by atoms with Gasteiger partial charge >= 0.3 is 0 Å². The van der Waals surface area contributed by atoms with Crippen LogP contribution in [0.4, 0.5) is 0 Å². The molecular weight excluding hydrogens is 468 g/mol. The van der Waals surface area contributed by atoms with Crippen LogP contribution in [0.1, 0.15) is 75.0 Å². The summed E-state index contributed by atoms with van der Waals surface area (Å²) in [6, 6.07) is 14.4. The van der Waals surface area contributed by atoms with Crippen molar-refractivity contribution >= 4 is 9.84 Å². The highest BCUT2D eigenvalue weighted by atomic mass is 32.2. The Labute approximate surface area is 219 Å². The Balaban J connectivity index is 1.32. The number of sulfone groups is 1. The molecule has 0 saturated heterocycles. The molecule has 1 N–H and O–H groups in total. The van der Waals surface area contributed by atoms with E-state index in [0.29, 0.717) is 16.9 Å². The molecule has 3 rings (SSSR count). The van der Waals surface area contributed by atoms with Gasteiger partial charge in [0, 0.05) is 17.9 Å². The minimum atomic E-state index is -3.12. The predicted molar refractivity (Wildman–Crippen MR) is 150 cm³/mol. The zero-order chi connectivity index (χ0) is 26.0. The van der Waals surface area contributed by atoms with Crippen molar-refractivity contribution < 1.29 is 13.2 Å². The first-order chi connectivity index (χ1) is 17.3. The van der Waals surface area contributed by atoms with Crippen LogP contribution in [-0.4, -0.2) is 58.9 Å². The van der Waals surface area contributed by atoms with Crippen LogP contribution in [0.2, 0.25) is 0 Å². The zero-order valence-corrected chi connectivity index (χ0v) is 23.6. The van der Waals surface area contributed by atoms with Gasteiger partial charge in [0.2, 0.25) is 0 Å². The number of methoxy groups -OCH3 is 1. The lowest BCUT2D eigenvalue weighted by molar-refractivity contribution is 0.167. The number of fused-ring (bicyclic) bond motifs is 1. The lowest BCUT2D eigenvalue weighted by Gasteiger charge is -2.38. The summed E-state index contributed by atoms with van der Waals surface area (Å²) in [6.07, 6.45) is 10.7. The highest BCUT2D eigenvalue weighted by molar-refractivity contribution is 7.90. The summed E-state index contributed by atoms with van der Waals surface area (Å²) in [5.74, 6) is 1.59. The molecule has 5 nitrogen and oxygen atoms in total. The summed E-state index contributed by atoms with van der Waals surface area (Å²) in [5.41, 5.74) is 4.06. The van der Waals surface area contributed by atoms with Gasteiger partial charge < -0.3 is 15.0 Å². The Morgan fingerprint density at radius 3 is 2.44 bits per heavy atom. The highest BCUT2D eigenvalue weighted by Gasteiger charge is 2.29. The first-order valence-electron chi connectivity index (χ1n) is 13.7. The second kappa shape index (κ2) is 14.2. The van der Waals surface area contributed by atoms with Crippen molar-refractivity contribution in [1.29, 1.82) is 0 Å². The first kappa shape index (κ1) is 28.7. The maximum Gasteiger partial charge on any atom is 0.175 e. The quantitative estimate of drug-likeness (QED) is 0.313. The van der Waals surface area contributed by atoms with Gasteiger partial charge in [0.05, 0.1) is 12.0 Å². The van der Waals surface area contributed by atoms with Gasteiger partial charge in [-0.2, -0.15) is 0 Å². The third kappa shape index (κ3) is 8.32. The van der Waals surface area contributed by atoms with Gasteiger partial charge in [-0.1, -0.05) is 51.0 Å². The fourth-order valence-electron chi connectivity index (χ4n) is 5.59. The van der Waals surface area contributed by atoms with Crippen molar-refractivity contribution in [2.24, 2.45) is 0 Å². The standard InChI is InChI=1S/C30H46N2O3S/c1-5-20-32(27-22-24(2)30-26(23-27)11-10-12-29(30)35-3)21-9-7-6-8-18-31-19-17-25-13-15-28(16-14-25)36(4,33)34/h10-16,24,27,31H,5-9,17-23H2,1-4H3. The van der Waals surface area contributed by atoms with Gasteiger partial charge in [-0.05, 0) is 99.9 Å². The van der Waals surface area contributed by atoms with Crippen molar-refractivity contribution in [3.05, 3.63) is 59.2 Å². The van der Waals surface area contributed by atoms with E-state index in [1.54, 1.807) is 19.2 Å². The van der Waals surface area contributed by atoms with E-state index in [1.165, 1.54) is 74.6 Å². The van der Waals surface area contributed by atoms with Crippen LogP contribution < -0.4 is 10.1 Å². The van der Waals surface area contributed by atoms with Crippen molar-refractivity contribution in [3.63, 3.8) is 0 Å². The summed E-state index contributed by atoms with van der Waals surface area (Å²) < 4.78 is 28.8. The zero-order valence-electron chi connectivity index (χ0n) is 22.8. The minimum Gasteiger partial charge on any atom is -0.496 e. The number of benzene rings is 2. The Hall–Kier alpha value is -1.89. The molecule has 6 heteroatoms. The van der Waals surface area contributed by atoms with E-state index in [-0.39, 0.29) is 0 Å². The lowest BCUT2D eigenvalue weighted by atomic mass is 9.80. The SMILES string of the molecule is CCCN(CCCCCCNCCc1ccc(S(C)(=O)=O)cc1)C1Cc2cccc(OC)c2C(C)C1. The molecule has 0 heterocycles. The van der Waals surface area contributed by atoms with E-state index in [2.05, 4.69) is 42.3 Å². The maximum atomic E-state index is 11.6. The second-order valence-corrected chi connectivity index (χ2v) is 12.4. The van der Waals surface area contributed by atoms with Crippen molar-refractivity contribution in [2.45, 2.75) is 82.1 Å². The molecule has 2 atom stereocenters. The van der Waals surface area contributed by atoms with Crippen LogP contribution in [-0.2, 0) is 22.7 Å². The highest BCUT2D eigenvalue weighted by Crippen LogP contribution is 2.39. The largest absolute Gasteiger partial charge is 0.496 e. The summed E-state index contributed by atoms with van der Waals surface area (Å²) >= 11 is 0. The van der Waals surface area contributed by atoms with Crippen LogP contribution in [0.15, 0.2) is 47.4 Å². The smallest absolute Gasteiger partial charge is 0.175 e. The molecule has 0 saturated carbocycles. The summed E-state index contributed by atoms with van der Waals surface area (Å²) in [7, 11) is -1.33. The number of rotatable bonds is 15. The fourth-order valence-corrected chi connectivity index (χ4v) is 6.22. The predicted octanol–water partition coefficient (Wildman–Crippen LogP) is 5.62. The third-order valence-corrected chi connectivity index (χ3v) is 8.60. The van der Waals surface area contributed by atoms with Crippen LogP contribution in [0.3, 0.4) is 0 Å². The number of hydrogen-bond acceptors (Lipinski definition) is 5. The molecule has 200 valence electrons. The average Bonchev–Trinajstić information content (AvgIpc) is 2.86. The average molecular weight is 515 g/mol. The van der Waals surface area contributed by atoms with Crippen molar-refractivity contribution in [3.8, 4) is 5.75 Å². The molecule has 1 aliphatic rings. The molecule has 0 aliphatic heterocycles. The molecule has 2 unspecified atom stereocenters. The normalized spacial score (nSPS) is 17.8. The lowest BCUT2D eigenvalue weighted by Crippen LogP contribution is -2.41. The molecule has 0 bridgehead atoms. The van der Waals surface area contributed by atoms with E-state index in [0.717, 1.165) is 31.7 Å². The van der Waals surface area contributed by atoms with E-state index in [9.17, 15) is 8.42 Å². The van der Waals surface area contributed by atoms with Crippen LogP contribution in [0, 0.1) is 0 Å². The number of unbranched alkanes of at least 4 members (excludes halogenated alkanes) is 3. The summed E-state index contributed by atoms with van der Waals surface area (Å²) in [4.78, 5) is 3.13. The Morgan fingerprint density at radius 1 is 1.00 bits per heavy atom. The number of ether oxygens (including phenoxy) is 1. The van der Waals surface area contributed by atoms with E-state index in [1.807, 2.05) is 12.1 Å².